The Bertz CT molecular complexity index is 412. The monoisotopic (exact) mass is 308 g/mol. The normalized spacial score (nSPS) is 18.6. The number of hydrogen-bond donors (Lipinski definition) is 2. The second-order valence-corrected chi connectivity index (χ2v) is 7.10. The van der Waals surface area contributed by atoms with Gasteiger partial charge in [-0.15, -0.1) is 11.3 Å². The van der Waals surface area contributed by atoms with Crippen LogP contribution in [0.25, 0.3) is 0 Å². The summed E-state index contributed by atoms with van der Waals surface area (Å²) >= 11 is 1.83. The van der Waals surface area contributed by atoms with Crippen LogP contribution in [0.2, 0.25) is 0 Å². The summed E-state index contributed by atoms with van der Waals surface area (Å²) in [5, 5.41) is 8.81. The fourth-order valence-electron chi connectivity index (χ4n) is 3.05. The van der Waals surface area contributed by atoms with E-state index in [-0.39, 0.29) is 11.9 Å². The van der Waals surface area contributed by atoms with Crippen LogP contribution in [-0.2, 0) is 4.79 Å². The third-order valence-electron chi connectivity index (χ3n) is 4.46. The van der Waals surface area contributed by atoms with Crippen molar-refractivity contribution < 1.29 is 4.79 Å². The molecule has 1 aromatic heterocycles. The van der Waals surface area contributed by atoms with E-state index in [9.17, 15) is 4.79 Å². The van der Waals surface area contributed by atoms with Gasteiger partial charge >= 0.3 is 0 Å². The Morgan fingerprint density at radius 2 is 2.19 bits per heavy atom. The average molecular weight is 308 g/mol. The summed E-state index contributed by atoms with van der Waals surface area (Å²) in [4.78, 5) is 13.3. The molecule has 2 unspecified atom stereocenters. The van der Waals surface area contributed by atoms with Gasteiger partial charge in [0.25, 0.3) is 0 Å². The Kier molecular flexibility index (Phi) is 6.71. The summed E-state index contributed by atoms with van der Waals surface area (Å²) in [5.74, 6) is 0.898. The van der Waals surface area contributed by atoms with E-state index in [1.54, 1.807) is 0 Å². The van der Waals surface area contributed by atoms with E-state index < -0.39 is 0 Å². The third-order valence-corrected chi connectivity index (χ3v) is 5.41. The predicted molar refractivity (Wildman–Crippen MR) is 89.5 cm³/mol. The standard InChI is InChI=1S/C17H28N2OS/c1-3-13(2)19-16(20)10-11-18-17(14-7-4-5-8-14)15-9-6-12-21-15/h6,9,12-14,17-18H,3-5,7-8,10-11H2,1-2H3,(H,19,20). The molecule has 2 rings (SSSR count). The summed E-state index contributed by atoms with van der Waals surface area (Å²) in [7, 11) is 0. The van der Waals surface area contributed by atoms with Crippen molar-refractivity contribution >= 4 is 17.2 Å². The highest BCUT2D eigenvalue weighted by Crippen LogP contribution is 2.37. The van der Waals surface area contributed by atoms with E-state index in [4.69, 9.17) is 0 Å². The van der Waals surface area contributed by atoms with Crippen LogP contribution in [0, 0.1) is 5.92 Å². The first-order valence-electron chi connectivity index (χ1n) is 8.26. The minimum atomic E-state index is 0.160. The average Bonchev–Trinajstić information content (AvgIpc) is 3.16. The summed E-state index contributed by atoms with van der Waals surface area (Å²) in [6, 6.07) is 5.06. The van der Waals surface area contributed by atoms with Crippen LogP contribution in [0.1, 0.15) is 63.3 Å². The maximum atomic E-state index is 11.9. The molecule has 1 aromatic rings. The Balaban J connectivity index is 1.81. The second kappa shape index (κ2) is 8.54. The SMILES string of the molecule is CCC(C)NC(=O)CCNC(c1cccs1)C1CCCC1. The number of amides is 1. The number of carbonyl (C=O) groups excluding carboxylic acids is 1. The molecule has 2 N–H and O–H groups in total. The summed E-state index contributed by atoms with van der Waals surface area (Å²) in [5.41, 5.74) is 0. The highest BCUT2D eigenvalue weighted by Gasteiger charge is 2.26. The zero-order valence-corrected chi connectivity index (χ0v) is 14.0. The van der Waals surface area contributed by atoms with E-state index in [1.807, 2.05) is 11.3 Å². The van der Waals surface area contributed by atoms with Crippen molar-refractivity contribution in [2.24, 2.45) is 5.92 Å². The van der Waals surface area contributed by atoms with Gasteiger partial charge in [0.15, 0.2) is 0 Å². The van der Waals surface area contributed by atoms with Crippen LogP contribution >= 0.6 is 11.3 Å². The number of rotatable bonds is 8. The van der Waals surface area contributed by atoms with Crippen LogP contribution in [0.15, 0.2) is 17.5 Å². The quantitative estimate of drug-likeness (QED) is 0.765. The first-order valence-corrected chi connectivity index (χ1v) is 9.14. The molecule has 118 valence electrons. The molecule has 3 nitrogen and oxygen atoms in total. The van der Waals surface area contributed by atoms with E-state index in [1.165, 1.54) is 30.6 Å². The molecular formula is C17H28N2OS. The number of hydrogen-bond acceptors (Lipinski definition) is 3. The molecule has 21 heavy (non-hydrogen) atoms. The van der Waals surface area contributed by atoms with Crippen LogP contribution in [0.3, 0.4) is 0 Å². The molecule has 1 fully saturated rings. The topological polar surface area (TPSA) is 41.1 Å². The second-order valence-electron chi connectivity index (χ2n) is 6.12. The van der Waals surface area contributed by atoms with E-state index in [0.29, 0.717) is 12.5 Å². The molecule has 4 heteroatoms. The minimum absolute atomic E-state index is 0.160. The molecule has 0 aromatic carbocycles. The maximum absolute atomic E-state index is 11.9. The lowest BCUT2D eigenvalue weighted by molar-refractivity contribution is -0.121. The van der Waals surface area contributed by atoms with E-state index in [0.717, 1.165) is 18.9 Å². The van der Waals surface area contributed by atoms with Gasteiger partial charge in [-0.2, -0.15) is 0 Å². The number of thiophene rings is 1. The zero-order valence-electron chi connectivity index (χ0n) is 13.2. The van der Waals surface area contributed by atoms with Gasteiger partial charge in [-0.1, -0.05) is 25.8 Å². The molecule has 0 bridgehead atoms. The van der Waals surface area contributed by atoms with Crippen LogP contribution in [-0.4, -0.2) is 18.5 Å². The summed E-state index contributed by atoms with van der Waals surface area (Å²) in [6.45, 7) is 4.91. The summed E-state index contributed by atoms with van der Waals surface area (Å²) in [6.07, 6.45) is 6.88. The molecule has 1 aliphatic carbocycles. The molecule has 1 heterocycles. The lowest BCUT2D eigenvalue weighted by atomic mass is 9.96. The van der Waals surface area contributed by atoms with E-state index in [2.05, 4.69) is 42.0 Å². The fourth-order valence-corrected chi connectivity index (χ4v) is 3.94. The van der Waals surface area contributed by atoms with Gasteiger partial charge in [0.2, 0.25) is 5.91 Å². The maximum Gasteiger partial charge on any atom is 0.221 e. The highest BCUT2D eigenvalue weighted by molar-refractivity contribution is 7.10. The molecule has 0 spiro atoms. The minimum Gasteiger partial charge on any atom is -0.354 e. The number of nitrogens with one attached hydrogen (secondary N) is 2. The molecule has 1 amide bonds. The summed E-state index contributed by atoms with van der Waals surface area (Å²) < 4.78 is 0. The Hall–Kier alpha value is -0.870. The predicted octanol–water partition coefficient (Wildman–Crippen LogP) is 3.87. The number of carbonyl (C=O) groups is 1. The van der Waals surface area contributed by atoms with Gasteiger partial charge in [0.1, 0.15) is 0 Å². The fraction of sp³-hybridized carbons (Fsp3) is 0.706. The third kappa shape index (κ3) is 5.11. The molecule has 0 saturated heterocycles. The van der Waals surface area contributed by atoms with Crippen molar-refractivity contribution in [1.82, 2.24) is 10.6 Å². The molecule has 2 atom stereocenters. The zero-order chi connectivity index (χ0) is 15.1. The lowest BCUT2D eigenvalue weighted by Crippen LogP contribution is -2.35. The molecule has 1 saturated carbocycles. The first-order chi connectivity index (χ1) is 10.2. The largest absolute Gasteiger partial charge is 0.354 e. The van der Waals surface area contributed by atoms with Gasteiger partial charge in [-0.25, -0.2) is 0 Å². The van der Waals surface area contributed by atoms with Crippen molar-refractivity contribution in [2.45, 2.75) is 64.5 Å². The Morgan fingerprint density at radius 1 is 1.43 bits per heavy atom. The molecule has 0 aliphatic heterocycles. The van der Waals surface area contributed by atoms with Crippen molar-refractivity contribution in [3.63, 3.8) is 0 Å². The molecular weight excluding hydrogens is 280 g/mol. The van der Waals surface area contributed by atoms with Crippen molar-refractivity contribution in [3.05, 3.63) is 22.4 Å². The smallest absolute Gasteiger partial charge is 0.221 e. The van der Waals surface area contributed by atoms with Crippen molar-refractivity contribution in [3.8, 4) is 0 Å². The van der Waals surface area contributed by atoms with Gasteiger partial charge < -0.3 is 10.6 Å². The van der Waals surface area contributed by atoms with Gasteiger partial charge in [-0.05, 0) is 43.6 Å². The first kappa shape index (κ1) is 16.5. The van der Waals surface area contributed by atoms with E-state index >= 15 is 0 Å². The Labute approximate surface area is 132 Å². The van der Waals surface area contributed by atoms with Crippen LogP contribution < -0.4 is 10.6 Å². The molecule has 0 radical (unpaired) electrons. The lowest BCUT2D eigenvalue weighted by Gasteiger charge is -2.24. The van der Waals surface area contributed by atoms with Crippen LogP contribution in [0.5, 0.6) is 0 Å². The van der Waals surface area contributed by atoms with Crippen molar-refractivity contribution in [1.29, 1.82) is 0 Å². The van der Waals surface area contributed by atoms with Gasteiger partial charge in [0, 0.05) is 29.9 Å². The highest BCUT2D eigenvalue weighted by atomic mass is 32.1. The Morgan fingerprint density at radius 3 is 2.81 bits per heavy atom. The van der Waals surface area contributed by atoms with Crippen LogP contribution in [0.4, 0.5) is 0 Å². The van der Waals surface area contributed by atoms with Crippen molar-refractivity contribution in [2.75, 3.05) is 6.54 Å². The van der Waals surface area contributed by atoms with Gasteiger partial charge in [0.05, 0.1) is 0 Å². The molecule has 1 aliphatic rings. The van der Waals surface area contributed by atoms with Gasteiger partial charge in [-0.3, -0.25) is 4.79 Å².